The molecule has 2 unspecified atom stereocenters. The van der Waals surface area contributed by atoms with Gasteiger partial charge in [0.2, 0.25) is 5.95 Å². The number of aryl methyl sites for hydroxylation is 1. The van der Waals surface area contributed by atoms with Crippen molar-refractivity contribution >= 4 is 5.95 Å². The number of rotatable bonds is 3. The molecule has 1 aromatic rings. The van der Waals surface area contributed by atoms with Crippen molar-refractivity contribution in [2.75, 3.05) is 11.9 Å². The predicted molar refractivity (Wildman–Crippen MR) is 62.7 cm³/mol. The van der Waals surface area contributed by atoms with Crippen LogP contribution >= 0.6 is 0 Å². The third-order valence-electron chi connectivity index (χ3n) is 3.48. The van der Waals surface area contributed by atoms with Crippen LogP contribution in [0.4, 0.5) is 5.95 Å². The minimum atomic E-state index is 0.296. The molecule has 0 bridgehead atoms. The van der Waals surface area contributed by atoms with Crippen LogP contribution in [0, 0.1) is 6.92 Å². The molecule has 0 spiro atoms. The molecule has 3 rings (SSSR count). The third kappa shape index (κ3) is 1.82. The zero-order valence-corrected chi connectivity index (χ0v) is 9.94. The van der Waals surface area contributed by atoms with Crippen LogP contribution in [0.15, 0.2) is 6.20 Å². The Hall–Kier alpha value is -1.03. The number of nitrogens with zero attached hydrogens (tertiary/aromatic N) is 2. The van der Waals surface area contributed by atoms with E-state index >= 15 is 0 Å². The van der Waals surface area contributed by atoms with Gasteiger partial charge in [0.25, 0.3) is 0 Å². The molecule has 2 aliphatic rings. The van der Waals surface area contributed by atoms with E-state index in [1.165, 1.54) is 12.8 Å². The standard InChI is InChI=1S/C12H19N3O/c1-8-7-15(10-3-4-10)12(13-8)14-11-5-6-16-9(11)2/h7,9-11H,3-6H2,1-2H3,(H,13,14). The SMILES string of the molecule is Cc1cn(C2CC2)c(NC2CCOC2C)n1. The number of nitrogens with one attached hydrogen (secondary N) is 1. The molecule has 1 aliphatic heterocycles. The maximum atomic E-state index is 5.56. The average molecular weight is 221 g/mol. The fourth-order valence-electron chi connectivity index (χ4n) is 2.34. The number of hydrogen-bond donors (Lipinski definition) is 1. The van der Waals surface area contributed by atoms with Crippen molar-refractivity contribution in [3.05, 3.63) is 11.9 Å². The van der Waals surface area contributed by atoms with Gasteiger partial charge in [0.05, 0.1) is 17.8 Å². The van der Waals surface area contributed by atoms with Gasteiger partial charge in [-0.1, -0.05) is 0 Å². The number of ether oxygens (including phenoxy) is 1. The molecule has 1 aliphatic carbocycles. The van der Waals surface area contributed by atoms with Crippen molar-refractivity contribution in [1.82, 2.24) is 9.55 Å². The molecule has 88 valence electrons. The van der Waals surface area contributed by atoms with E-state index in [1.54, 1.807) is 0 Å². The number of anilines is 1. The summed E-state index contributed by atoms with van der Waals surface area (Å²) in [4.78, 5) is 4.57. The van der Waals surface area contributed by atoms with Crippen LogP contribution in [-0.4, -0.2) is 28.3 Å². The van der Waals surface area contributed by atoms with Gasteiger partial charge in [0.1, 0.15) is 0 Å². The summed E-state index contributed by atoms with van der Waals surface area (Å²) in [6.07, 6.45) is 6.12. The number of hydrogen-bond acceptors (Lipinski definition) is 3. The van der Waals surface area contributed by atoms with E-state index in [-0.39, 0.29) is 0 Å². The first-order valence-electron chi connectivity index (χ1n) is 6.17. The molecular weight excluding hydrogens is 202 g/mol. The lowest BCUT2D eigenvalue weighted by atomic mass is 10.2. The molecule has 0 amide bonds. The van der Waals surface area contributed by atoms with Crippen molar-refractivity contribution in [2.24, 2.45) is 0 Å². The van der Waals surface area contributed by atoms with Crippen LogP contribution in [0.3, 0.4) is 0 Å². The summed E-state index contributed by atoms with van der Waals surface area (Å²) >= 11 is 0. The second-order valence-corrected chi connectivity index (χ2v) is 4.96. The third-order valence-corrected chi connectivity index (χ3v) is 3.48. The normalized spacial score (nSPS) is 29.6. The maximum absolute atomic E-state index is 5.56. The largest absolute Gasteiger partial charge is 0.376 e. The van der Waals surface area contributed by atoms with Crippen molar-refractivity contribution in [2.45, 2.75) is 51.3 Å². The van der Waals surface area contributed by atoms with Crippen molar-refractivity contribution in [3.63, 3.8) is 0 Å². The summed E-state index contributed by atoms with van der Waals surface area (Å²) in [5.41, 5.74) is 1.10. The van der Waals surface area contributed by atoms with Gasteiger partial charge in [0.15, 0.2) is 0 Å². The minimum absolute atomic E-state index is 0.296. The van der Waals surface area contributed by atoms with Gasteiger partial charge in [-0.2, -0.15) is 0 Å². The fraction of sp³-hybridized carbons (Fsp3) is 0.750. The Balaban J connectivity index is 1.77. The van der Waals surface area contributed by atoms with Crippen LogP contribution in [0.1, 0.15) is 37.9 Å². The van der Waals surface area contributed by atoms with Gasteiger partial charge < -0.3 is 14.6 Å². The van der Waals surface area contributed by atoms with E-state index in [4.69, 9.17) is 4.74 Å². The van der Waals surface area contributed by atoms with E-state index in [0.29, 0.717) is 18.2 Å². The van der Waals surface area contributed by atoms with E-state index in [2.05, 4.69) is 34.9 Å². The summed E-state index contributed by atoms with van der Waals surface area (Å²) in [7, 11) is 0. The zero-order valence-electron chi connectivity index (χ0n) is 9.94. The molecule has 1 saturated carbocycles. The van der Waals surface area contributed by atoms with Crippen molar-refractivity contribution in [1.29, 1.82) is 0 Å². The quantitative estimate of drug-likeness (QED) is 0.849. The maximum Gasteiger partial charge on any atom is 0.203 e. The monoisotopic (exact) mass is 221 g/mol. The summed E-state index contributed by atoms with van der Waals surface area (Å²) in [6, 6.07) is 1.10. The van der Waals surface area contributed by atoms with E-state index in [1.807, 2.05) is 0 Å². The Bertz CT molecular complexity index is 384. The number of imidazole rings is 1. The predicted octanol–water partition coefficient (Wildman–Crippen LogP) is 2.12. The molecule has 2 fully saturated rings. The van der Waals surface area contributed by atoms with Crippen LogP contribution in [0.2, 0.25) is 0 Å². The number of aromatic nitrogens is 2. The topological polar surface area (TPSA) is 39.1 Å². The summed E-state index contributed by atoms with van der Waals surface area (Å²) in [5, 5.41) is 3.53. The van der Waals surface area contributed by atoms with Gasteiger partial charge >= 0.3 is 0 Å². The van der Waals surface area contributed by atoms with Crippen molar-refractivity contribution in [3.8, 4) is 0 Å². The van der Waals surface area contributed by atoms with Crippen LogP contribution in [0.25, 0.3) is 0 Å². The highest BCUT2D eigenvalue weighted by molar-refractivity contribution is 5.32. The van der Waals surface area contributed by atoms with Gasteiger partial charge in [-0.05, 0) is 33.1 Å². The Morgan fingerprint density at radius 2 is 2.25 bits per heavy atom. The summed E-state index contributed by atoms with van der Waals surface area (Å²) < 4.78 is 7.85. The highest BCUT2D eigenvalue weighted by Gasteiger charge is 2.29. The first kappa shape index (κ1) is 10.1. The van der Waals surface area contributed by atoms with E-state index < -0.39 is 0 Å². The molecule has 2 heterocycles. The second kappa shape index (κ2) is 3.77. The first-order chi connectivity index (χ1) is 7.74. The van der Waals surface area contributed by atoms with E-state index in [9.17, 15) is 0 Å². The molecule has 1 saturated heterocycles. The Morgan fingerprint density at radius 3 is 2.88 bits per heavy atom. The Morgan fingerprint density at radius 1 is 1.44 bits per heavy atom. The van der Waals surface area contributed by atoms with Crippen LogP contribution < -0.4 is 5.32 Å². The molecule has 4 heteroatoms. The molecule has 16 heavy (non-hydrogen) atoms. The lowest BCUT2D eigenvalue weighted by molar-refractivity contribution is 0.121. The molecule has 1 aromatic heterocycles. The second-order valence-electron chi connectivity index (χ2n) is 4.96. The molecule has 0 radical (unpaired) electrons. The molecular formula is C12H19N3O. The minimum Gasteiger partial charge on any atom is -0.376 e. The van der Waals surface area contributed by atoms with E-state index in [0.717, 1.165) is 24.7 Å². The Labute approximate surface area is 96.0 Å². The highest BCUT2D eigenvalue weighted by atomic mass is 16.5. The van der Waals surface area contributed by atoms with Gasteiger partial charge in [-0.25, -0.2) is 4.98 Å². The van der Waals surface area contributed by atoms with Gasteiger partial charge in [-0.3, -0.25) is 0 Å². The van der Waals surface area contributed by atoms with Gasteiger partial charge in [0, 0.05) is 18.8 Å². The molecule has 1 N–H and O–H groups in total. The van der Waals surface area contributed by atoms with Gasteiger partial charge in [-0.15, -0.1) is 0 Å². The molecule has 4 nitrogen and oxygen atoms in total. The van der Waals surface area contributed by atoms with Crippen LogP contribution in [0.5, 0.6) is 0 Å². The summed E-state index contributed by atoms with van der Waals surface area (Å²) in [5.74, 6) is 1.03. The highest BCUT2D eigenvalue weighted by Crippen LogP contribution is 2.37. The molecule has 2 atom stereocenters. The fourth-order valence-corrected chi connectivity index (χ4v) is 2.34. The molecule has 0 aromatic carbocycles. The lowest BCUT2D eigenvalue weighted by Gasteiger charge is -2.17. The first-order valence-corrected chi connectivity index (χ1v) is 6.17. The lowest BCUT2D eigenvalue weighted by Crippen LogP contribution is -2.28. The van der Waals surface area contributed by atoms with Crippen LogP contribution in [-0.2, 0) is 4.74 Å². The smallest absolute Gasteiger partial charge is 0.203 e. The average Bonchev–Trinajstić information content (AvgIpc) is 2.92. The summed E-state index contributed by atoms with van der Waals surface area (Å²) in [6.45, 7) is 5.04. The zero-order chi connectivity index (χ0) is 11.1. The van der Waals surface area contributed by atoms with Crippen molar-refractivity contribution < 1.29 is 4.74 Å². The Kier molecular flexibility index (Phi) is 2.39.